The first kappa shape index (κ1) is 12.7. The molecule has 96 valence electrons. The highest BCUT2D eigenvalue weighted by Gasteiger charge is 2.19. The summed E-state index contributed by atoms with van der Waals surface area (Å²) >= 11 is 0. The lowest BCUT2D eigenvalue weighted by molar-refractivity contribution is 0.171. The summed E-state index contributed by atoms with van der Waals surface area (Å²) in [4.78, 5) is 2.52. The zero-order valence-electron chi connectivity index (χ0n) is 10.8. The maximum atomic E-state index is 5.65. The first-order chi connectivity index (χ1) is 8.33. The number of likely N-dealkylation sites (tertiary alicyclic amines) is 1. The molecule has 1 saturated heterocycles. The van der Waals surface area contributed by atoms with Gasteiger partial charge in [-0.3, -0.25) is 4.90 Å². The lowest BCUT2D eigenvalue weighted by Gasteiger charge is -2.31. The third kappa shape index (κ3) is 3.33. The minimum absolute atomic E-state index is 0.509. The van der Waals surface area contributed by atoms with E-state index in [4.69, 9.17) is 10.2 Å². The van der Waals surface area contributed by atoms with Gasteiger partial charge in [0.25, 0.3) is 0 Å². The van der Waals surface area contributed by atoms with Gasteiger partial charge in [-0.15, -0.1) is 0 Å². The molecule has 0 aromatic carbocycles. The van der Waals surface area contributed by atoms with E-state index in [-0.39, 0.29) is 0 Å². The molecule has 0 bridgehead atoms. The molecule has 0 amide bonds. The minimum Gasteiger partial charge on any atom is -0.468 e. The van der Waals surface area contributed by atoms with E-state index < -0.39 is 0 Å². The van der Waals surface area contributed by atoms with Gasteiger partial charge in [-0.25, -0.2) is 0 Å². The van der Waals surface area contributed by atoms with Crippen LogP contribution in [0.5, 0.6) is 0 Å². The standard InChI is InChI=1S/C14H24N2O/c1-2-3-12-4-7-16(8-5-12)11-13-6-9-17-14(13)10-15/h6,9,12H,2-5,7-8,10-11,15H2,1H3. The summed E-state index contributed by atoms with van der Waals surface area (Å²) in [5.41, 5.74) is 6.91. The third-order valence-corrected chi connectivity index (χ3v) is 3.82. The molecule has 2 heterocycles. The summed E-state index contributed by atoms with van der Waals surface area (Å²) in [6.45, 7) is 6.24. The molecule has 0 saturated carbocycles. The Morgan fingerprint density at radius 1 is 1.41 bits per heavy atom. The third-order valence-electron chi connectivity index (χ3n) is 3.82. The fourth-order valence-corrected chi connectivity index (χ4v) is 2.77. The monoisotopic (exact) mass is 236 g/mol. The molecule has 17 heavy (non-hydrogen) atoms. The number of hydrogen-bond acceptors (Lipinski definition) is 3. The van der Waals surface area contributed by atoms with Gasteiger partial charge in [0.15, 0.2) is 0 Å². The summed E-state index contributed by atoms with van der Waals surface area (Å²) in [6, 6.07) is 2.06. The van der Waals surface area contributed by atoms with Crippen LogP contribution in [-0.2, 0) is 13.1 Å². The maximum Gasteiger partial charge on any atom is 0.121 e. The van der Waals surface area contributed by atoms with Gasteiger partial charge in [0, 0.05) is 12.1 Å². The number of hydrogen-bond donors (Lipinski definition) is 1. The van der Waals surface area contributed by atoms with Gasteiger partial charge in [-0.1, -0.05) is 19.8 Å². The van der Waals surface area contributed by atoms with Gasteiger partial charge >= 0.3 is 0 Å². The largest absolute Gasteiger partial charge is 0.468 e. The summed E-state index contributed by atoms with van der Waals surface area (Å²) in [6.07, 6.45) is 7.17. The summed E-state index contributed by atoms with van der Waals surface area (Å²) in [5.74, 6) is 1.90. The Morgan fingerprint density at radius 3 is 2.82 bits per heavy atom. The van der Waals surface area contributed by atoms with E-state index >= 15 is 0 Å². The van der Waals surface area contributed by atoms with E-state index in [1.807, 2.05) is 0 Å². The topological polar surface area (TPSA) is 42.4 Å². The normalized spacial score (nSPS) is 18.7. The Labute approximate surface area is 104 Å². The van der Waals surface area contributed by atoms with Crippen LogP contribution in [0, 0.1) is 5.92 Å². The Morgan fingerprint density at radius 2 is 2.18 bits per heavy atom. The second-order valence-electron chi connectivity index (χ2n) is 5.08. The molecule has 0 radical (unpaired) electrons. The highest BCUT2D eigenvalue weighted by molar-refractivity contribution is 5.16. The molecule has 1 aromatic heterocycles. The fourth-order valence-electron chi connectivity index (χ4n) is 2.77. The van der Waals surface area contributed by atoms with Crippen LogP contribution in [0.1, 0.15) is 43.9 Å². The number of furan rings is 1. The Hall–Kier alpha value is -0.800. The van der Waals surface area contributed by atoms with Gasteiger partial charge < -0.3 is 10.2 Å². The summed E-state index contributed by atoms with van der Waals surface area (Å²) < 4.78 is 5.36. The summed E-state index contributed by atoms with van der Waals surface area (Å²) in [7, 11) is 0. The van der Waals surface area contributed by atoms with Crippen molar-refractivity contribution in [1.29, 1.82) is 0 Å². The molecular weight excluding hydrogens is 212 g/mol. The molecule has 2 rings (SSSR count). The number of rotatable bonds is 5. The highest BCUT2D eigenvalue weighted by Crippen LogP contribution is 2.23. The van der Waals surface area contributed by atoms with Crippen molar-refractivity contribution in [3.05, 3.63) is 23.7 Å². The molecule has 1 fully saturated rings. The van der Waals surface area contributed by atoms with Crippen molar-refractivity contribution in [3.8, 4) is 0 Å². The Kier molecular flexibility index (Phi) is 4.63. The molecule has 2 N–H and O–H groups in total. The van der Waals surface area contributed by atoms with Crippen LogP contribution in [0.4, 0.5) is 0 Å². The number of nitrogens with zero attached hydrogens (tertiary/aromatic N) is 1. The second kappa shape index (κ2) is 6.22. The number of piperidine rings is 1. The smallest absolute Gasteiger partial charge is 0.121 e. The highest BCUT2D eigenvalue weighted by atomic mass is 16.3. The van der Waals surface area contributed by atoms with Crippen molar-refractivity contribution in [1.82, 2.24) is 4.90 Å². The van der Waals surface area contributed by atoms with Crippen LogP contribution >= 0.6 is 0 Å². The first-order valence-electron chi connectivity index (χ1n) is 6.81. The molecule has 3 nitrogen and oxygen atoms in total. The zero-order chi connectivity index (χ0) is 12.1. The molecule has 0 atom stereocenters. The summed E-state index contributed by atoms with van der Waals surface area (Å²) in [5, 5.41) is 0. The van der Waals surface area contributed by atoms with Crippen LogP contribution in [0.3, 0.4) is 0 Å². The molecule has 0 aliphatic carbocycles. The van der Waals surface area contributed by atoms with Crippen LogP contribution in [-0.4, -0.2) is 18.0 Å². The van der Waals surface area contributed by atoms with Gasteiger partial charge in [0.1, 0.15) is 5.76 Å². The van der Waals surface area contributed by atoms with E-state index in [0.29, 0.717) is 6.54 Å². The van der Waals surface area contributed by atoms with Crippen molar-refractivity contribution in [2.45, 2.75) is 45.7 Å². The average Bonchev–Trinajstić information content (AvgIpc) is 2.79. The van der Waals surface area contributed by atoms with Crippen molar-refractivity contribution in [3.63, 3.8) is 0 Å². The first-order valence-corrected chi connectivity index (χ1v) is 6.81. The van der Waals surface area contributed by atoms with Gasteiger partial charge in [0.05, 0.1) is 12.8 Å². The number of nitrogens with two attached hydrogens (primary N) is 1. The van der Waals surface area contributed by atoms with Gasteiger partial charge in [-0.05, 0) is 37.9 Å². The molecule has 1 aliphatic heterocycles. The average molecular weight is 236 g/mol. The zero-order valence-corrected chi connectivity index (χ0v) is 10.8. The lowest BCUT2D eigenvalue weighted by Crippen LogP contribution is -2.33. The predicted octanol–water partition coefficient (Wildman–Crippen LogP) is 2.75. The van der Waals surface area contributed by atoms with Crippen molar-refractivity contribution in [2.75, 3.05) is 13.1 Å². The van der Waals surface area contributed by atoms with E-state index in [9.17, 15) is 0 Å². The predicted molar refractivity (Wildman–Crippen MR) is 69.5 cm³/mol. The van der Waals surface area contributed by atoms with Crippen molar-refractivity contribution >= 4 is 0 Å². The maximum absolute atomic E-state index is 5.65. The molecule has 3 heteroatoms. The van der Waals surface area contributed by atoms with E-state index in [1.54, 1.807) is 6.26 Å². The molecule has 1 aromatic rings. The Bertz CT molecular complexity index is 327. The second-order valence-corrected chi connectivity index (χ2v) is 5.08. The van der Waals surface area contributed by atoms with E-state index in [0.717, 1.165) is 18.2 Å². The molecule has 0 unspecified atom stereocenters. The molecular formula is C14H24N2O. The van der Waals surface area contributed by atoms with E-state index in [2.05, 4.69) is 17.9 Å². The van der Waals surface area contributed by atoms with Crippen LogP contribution in [0.25, 0.3) is 0 Å². The minimum atomic E-state index is 0.509. The van der Waals surface area contributed by atoms with Crippen molar-refractivity contribution in [2.24, 2.45) is 11.7 Å². The van der Waals surface area contributed by atoms with Gasteiger partial charge in [-0.2, -0.15) is 0 Å². The van der Waals surface area contributed by atoms with Gasteiger partial charge in [0.2, 0.25) is 0 Å². The lowest BCUT2D eigenvalue weighted by atomic mass is 9.92. The van der Waals surface area contributed by atoms with Crippen LogP contribution in [0.2, 0.25) is 0 Å². The quantitative estimate of drug-likeness (QED) is 0.854. The SMILES string of the molecule is CCCC1CCN(Cc2ccoc2CN)CC1. The van der Waals surface area contributed by atoms with Crippen LogP contribution < -0.4 is 5.73 Å². The van der Waals surface area contributed by atoms with Crippen LogP contribution in [0.15, 0.2) is 16.7 Å². The van der Waals surface area contributed by atoms with Crippen molar-refractivity contribution < 1.29 is 4.42 Å². The molecule has 1 aliphatic rings. The molecule has 0 spiro atoms. The Balaban J connectivity index is 1.82. The fraction of sp³-hybridized carbons (Fsp3) is 0.714. The van der Waals surface area contributed by atoms with E-state index in [1.165, 1.54) is 44.3 Å².